The van der Waals surface area contributed by atoms with Gasteiger partial charge in [0.25, 0.3) is 5.91 Å². The van der Waals surface area contributed by atoms with Crippen LogP contribution in [0.4, 0.5) is 5.95 Å². The van der Waals surface area contributed by atoms with E-state index >= 15 is 0 Å². The average Bonchev–Trinajstić information content (AvgIpc) is 2.72. The molecule has 0 radical (unpaired) electrons. The zero-order chi connectivity index (χ0) is 19.1. The summed E-state index contributed by atoms with van der Waals surface area (Å²) in [6.07, 6.45) is 3.04. The Hall–Kier alpha value is -3.41. The number of benzene rings is 2. The Labute approximate surface area is 158 Å². The molecule has 3 rings (SSSR count). The lowest BCUT2D eigenvalue weighted by Crippen LogP contribution is -2.23. The molecule has 6 heteroatoms. The highest BCUT2D eigenvalue weighted by molar-refractivity contribution is 5.93. The minimum Gasteiger partial charge on any atom is -0.496 e. The van der Waals surface area contributed by atoms with Gasteiger partial charge < -0.3 is 15.4 Å². The minimum atomic E-state index is -0.230. The molecule has 6 nitrogen and oxygen atoms in total. The van der Waals surface area contributed by atoms with E-state index in [1.807, 2.05) is 36.4 Å². The molecule has 0 bridgehead atoms. The molecule has 1 heterocycles. The third kappa shape index (κ3) is 4.82. The molecule has 2 N–H and O–H groups in total. The van der Waals surface area contributed by atoms with E-state index in [0.717, 1.165) is 11.3 Å². The van der Waals surface area contributed by atoms with Crippen molar-refractivity contribution >= 4 is 11.9 Å². The normalized spacial score (nSPS) is 10.3. The molecule has 0 aliphatic carbocycles. The van der Waals surface area contributed by atoms with Crippen molar-refractivity contribution in [2.24, 2.45) is 0 Å². The molecule has 3 aromatic rings. The Morgan fingerprint density at radius 3 is 2.33 bits per heavy atom. The molecule has 1 aromatic heterocycles. The monoisotopic (exact) mass is 362 g/mol. The summed E-state index contributed by atoms with van der Waals surface area (Å²) >= 11 is 0. The molecule has 138 valence electrons. The molecule has 0 atom stereocenters. The Morgan fingerprint density at radius 2 is 1.63 bits per heavy atom. The Bertz CT molecular complexity index is 910. The fourth-order valence-corrected chi connectivity index (χ4v) is 2.65. The zero-order valence-electron chi connectivity index (χ0n) is 15.4. The van der Waals surface area contributed by atoms with Gasteiger partial charge in [0.1, 0.15) is 5.75 Å². The zero-order valence-corrected chi connectivity index (χ0v) is 15.4. The maximum Gasteiger partial charge on any atom is 0.254 e. The fourth-order valence-electron chi connectivity index (χ4n) is 2.65. The first kappa shape index (κ1) is 18.4. The maximum absolute atomic E-state index is 12.3. The topological polar surface area (TPSA) is 76.1 Å². The van der Waals surface area contributed by atoms with E-state index in [0.29, 0.717) is 24.6 Å². The van der Waals surface area contributed by atoms with Crippen molar-refractivity contribution in [2.45, 2.75) is 20.0 Å². The largest absolute Gasteiger partial charge is 0.496 e. The van der Waals surface area contributed by atoms with Crippen LogP contribution in [0.2, 0.25) is 0 Å². The van der Waals surface area contributed by atoms with Crippen LogP contribution in [0.15, 0.2) is 60.9 Å². The van der Waals surface area contributed by atoms with Crippen molar-refractivity contribution < 1.29 is 9.53 Å². The van der Waals surface area contributed by atoms with Crippen molar-refractivity contribution in [2.75, 3.05) is 12.4 Å². The number of methoxy groups -OCH3 is 1. The maximum atomic E-state index is 12.3. The highest BCUT2D eigenvalue weighted by Gasteiger charge is 2.09. The van der Waals surface area contributed by atoms with Gasteiger partial charge >= 0.3 is 0 Å². The number of hydrogen-bond donors (Lipinski definition) is 2. The standard InChI is InChI=1S/C21H22N4O2/c1-15-7-3-4-8-16(15)11-23-21-24-13-18(14-25-21)20(26)22-12-17-9-5-6-10-19(17)27-2/h3-10,13-14H,11-12H2,1-2H3,(H,22,26)(H,23,24,25). The SMILES string of the molecule is COc1ccccc1CNC(=O)c1cnc(NCc2ccccc2C)nc1. The van der Waals surface area contributed by atoms with Crippen molar-refractivity contribution in [3.05, 3.63) is 83.2 Å². The molecule has 0 aliphatic rings. The van der Waals surface area contributed by atoms with Crippen LogP contribution in [0.1, 0.15) is 27.0 Å². The number of para-hydroxylation sites is 1. The molecular formula is C21H22N4O2. The second-order valence-corrected chi connectivity index (χ2v) is 6.07. The number of carbonyl (C=O) groups excluding carboxylic acids is 1. The molecule has 0 aliphatic heterocycles. The van der Waals surface area contributed by atoms with Gasteiger partial charge in [0.2, 0.25) is 5.95 Å². The van der Waals surface area contributed by atoms with Crippen molar-refractivity contribution in [1.29, 1.82) is 0 Å². The van der Waals surface area contributed by atoms with Gasteiger partial charge in [0.15, 0.2) is 0 Å². The van der Waals surface area contributed by atoms with Crippen LogP contribution in [0.3, 0.4) is 0 Å². The minimum absolute atomic E-state index is 0.230. The number of amides is 1. The van der Waals surface area contributed by atoms with E-state index in [1.54, 1.807) is 7.11 Å². The molecule has 27 heavy (non-hydrogen) atoms. The van der Waals surface area contributed by atoms with Gasteiger partial charge in [0, 0.05) is 31.0 Å². The molecule has 0 fully saturated rings. The number of rotatable bonds is 7. The van der Waals surface area contributed by atoms with E-state index in [-0.39, 0.29) is 5.91 Å². The Balaban J connectivity index is 1.56. The summed E-state index contributed by atoms with van der Waals surface area (Å²) in [7, 11) is 1.61. The highest BCUT2D eigenvalue weighted by atomic mass is 16.5. The van der Waals surface area contributed by atoms with Crippen molar-refractivity contribution in [3.8, 4) is 5.75 Å². The first-order valence-electron chi connectivity index (χ1n) is 8.68. The van der Waals surface area contributed by atoms with Crippen LogP contribution in [0, 0.1) is 6.92 Å². The van der Waals surface area contributed by atoms with E-state index in [9.17, 15) is 4.79 Å². The lowest BCUT2D eigenvalue weighted by Gasteiger charge is -2.10. The summed E-state index contributed by atoms with van der Waals surface area (Å²) in [5, 5.41) is 6.03. The van der Waals surface area contributed by atoms with Crippen LogP contribution in [0.25, 0.3) is 0 Å². The number of aromatic nitrogens is 2. The first-order valence-corrected chi connectivity index (χ1v) is 8.68. The van der Waals surface area contributed by atoms with Gasteiger partial charge in [-0.3, -0.25) is 4.79 Å². The lowest BCUT2D eigenvalue weighted by atomic mass is 10.1. The molecule has 1 amide bonds. The number of nitrogens with zero attached hydrogens (tertiary/aromatic N) is 2. The number of anilines is 1. The predicted molar refractivity (Wildman–Crippen MR) is 105 cm³/mol. The van der Waals surface area contributed by atoms with E-state index in [1.165, 1.54) is 23.5 Å². The third-order valence-electron chi connectivity index (χ3n) is 4.24. The average molecular weight is 362 g/mol. The second kappa shape index (κ2) is 8.80. The van der Waals surface area contributed by atoms with E-state index in [4.69, 9.17) is 4.74 Å². The Morgan fingerprint density at radius 1 is 0.963 bits per heavy atom. The van der Waals surface area contributed by atoms with Gasteiger partial charge in [-0.2, -0.15) is 0 Å². The predicted octanol–water partition coefficient (Wildman–Crippen LogP) is 3.34. The molecule has 0 saturated carbocycles. The van der Waals surface area contributed by atoms with Crippen LogP contribution in [-0.4, -0.2) is 23.0 Å². The third-order valence-corrected chi connectivity index (χ3v) is 4.24. The highest BCUT2D eigenvalue weighted by Crippen LogP contribution is 2.17. The molecule has 0 saturated heterocycles. The fraction of sp³-hybridized carbons (Fsp3) is 0.190. The quantitative estimate of drug-likeness (QED) is 0.674. The van der Waals surface area contributed by atoms with Gasteiger partial charge in [-0.05, 0) is 24.1 Å². The smallest absolute Gasteiger partial charge is 0.254 e. The molecule has 0 unspecified atom stereocenters. The summed E-state index contributed by atoms with van der Waals surface area (Å²) in [6, 6.07) is 15.7. The number of nitrogens with one attached hydrogen (secondary N) is 2. The summed E-state index contributed by atoms with van der Waals surface area (Å²) < 4.78 is 5.29. The first-order chi connectivity index (χ1) is 13.2. The summed E-state index contributed by atoms with van der Waals surface area (Å²) in [6.45, 7) is 3.06. The van der Waals surface area contributed by atoms with Crippen molar-refractivity contribution in [3.63, 3.8) is 0 Å². The number of carbonyl (C=O) groups is 1. The summed E-state index contributed by atoms with van der Waals surface area (Å²) in [5.41, 5.74) is 3.70. The second-order valence-electron chi connectivity index (χ2n) is 6.07. The molecule has 0 spiro atoms. The van der Waals surface area contributed by atoms with E-state index in [2.05, 4.69) is 39.7 Å². The van der Waals surface area contributed by atoms with Gasteiger partial charge in [-0.1, -0.05) is 42.5 Å². The summed E-state index contributed by atoms with van der Waals surface area (Å²) in [4.78, 5) is 20.8. The van der Waals surface area contributed by atoms with Crippen molar-refractivity contribution in [1.82, 2.24) is 15.3 Å². The van der Waals surface area contributed by atoms with Crippen LogP contribution in [0.5, 0.6) is 5.75 Å². The van der Waals surface area contributed by atoms with Gasteiger partial charge in [-0.15, -0.1) is 0 Å². The lowest BCUT2D eigenvalue weighted by molar-refractivity contribution is 0.0950. The van der Waals surface area contributed by atoms with Crippen LogP contribution in [-0.2, 0) is 13.1 Å². The van der Waals surface area contributed by atoms with Gasteiger partial charge in [0.05, 0.1) is 12.7 Å². The number of aryl methyl sites for hydroxylation is 1. The Kier molecular flexibility index (Phi) is 5.99. The molecular weight excluding hydrogens is 340 g/mol. The number of hydrogen-bond acceptors (Lipinski definition) is 5. The van der Waals surface area contributed by atoms with Crippen LogP contribution < -0.4 is 15.4 Å². The summed E-state index contributed by atoms with van der Waals surface area (Å²) in [5.74, 6) is 0.996. The van der Waals surface area contributed by atoms with E-state index < -0.39 is 0 Å². The van der Waals surface area contributed by atoms with Gasteiger partial charge in [-0.25, -0.2) is 9.97 Å². The molecule has 2 aromatic carbocycles. The van der Waals surface area contributed by atoms with Crippen LogP contribution >= 0.6 is 0 Å². The number of ether oxygens (including phenoxy) is 1.